The summed E-state index contributed by atoms with van der Waals surface area (Å²) in [5.74, 6) is -0.956. The van der Waals surface area contributed by atoms with E-state index in [2.05, 4.69) is 44.7 Å². The zero-order valence-electron chi connectivity index (χ0n) is 23.0. The molecule has 0 aliphatic rings. The molecule has 0 aliphatic carbocycles. The number of aliphatic hydroxyl groups is 1. The lowest BCUT2D eigenvalue weighted by Gasteiger charge is -2.32. The normalized spacial score (nSPS) is 13.0. The van der Waals surface area contributed by atoms with Crippen LogP contribution in [0.1, 0.15) is 75.3 Å². The molecule has 1 N–H and O–H groups in total. The van der Waals surface area contributed by atoms with Gasteiger partial charge in [-0.3, -0.25) is 9.69 Å². The number of carbonyl (C=O) groups is 2. The van der Waals surface area contributed by atoms with Gasteiger partial charge in [0.05, 0.1) is 6.61 Å². The van der Waals surface area contributed by atoms with Crippen molar-refractivity contribution in [2.45, 2.75) is 71.8 Å². The topological polar surface area (TPSA) is 76.1 Å². The van der Waals surface area contributed by atoms with Crippen LogP contribution in [-0.4, -0.2) is 40.6 Å². The van der Waals surface area contributed by atoms with E-state index in [4.69, 9.17) is 9.47 Å². The summed E-state index contributed by atoms with van der Waals surface area (Å²) in [4.78, 5) is 27.7. The van der Waals surface area contributed by atoms with Crippen LogP contribution in [0.15, 0.2) is 78.9 Å². The number of esters is 2. The molecule has 202 valence electrons. The molecule has 3 rings (SSSR count). The fraction of sp³-hybridized carbons (Fsp3) is 0.375. The Balaban J connectivity index is 2.02. The van der Waals surface area contributed by atoms with Crippen molar-refractivity contribution in [2.24, 2.45) is 0 Å². The third-order valence-corrected chi connectivity index (χ3v) is 6.65. The minimum Gasteiger partial charge on any atom is -0.446 e. The van der Waals surface area contributed by atoms with E-state index in [1.165, 1.54) is 6.92 Å². The van der Waals surface area contributed by atoms with E-state index in [1.807, 2.05) is 30.3 Å². The van der Waals surface area contributed by atoms with Crippen molar-refractivity contribution in [1.29, 1.82) is 0 Å². The third-order valence-electron chi connectivity index (χ3n) is 6.65. The van der Waals surface area contributed by atoms with Gasteiger partial charge in [0.15, 0.2) is 0 Å². The van der Waals surface area contributed by atoms with Gasteiger partial charge in [0.1, 0.15) is 5.75 Å². The van der Waals surface area contributed by atoms with Crippen molar-refractivity contribution >= 4 is 11.9 Å². The molecule has 0 radical (unpaired) electrons. The molecule has 3 aromatic rings. The predicted octanol–water partition coefficient (Wildman–Crippen LogP) is 6.03. The first kappa shape index (κ1) is 29.1. The molecular formula is C32H39NO5. The summed E-state index contributed by atoms with van der Waals surface area (Å²) in [6.45, 7) is 10.7. The minimum absolute atomic E-state index is 0.0885. The Morgan fingerprint density at radius 2 is 1.42 bits per heavy atom. The second-order valence-electron chi connectivity index (χ2n) is 10.0. The number of nitrogens with zero attached hydrogens (tertiary/aromatic N) is 1. The summed E-state index contributed by atoms with van der Waals surface area (Å²) in [5, 5.41) is 9.91. The van der Waals surface area contributed by atoms with Crippen LogP contribution < -0.4 is 4.74 Å². The highest BCUT2D eigenvalue weighted by Gasteiger charge is 2.29. The highest BCUT2D eigenvalue weighted by Crippen LogP contribution is 2.37. The van der Waals surface area contributed by atoms with Crippen molar-refractivity contribution in [1.82, 2.24) is 4.90 Å². The average Bonchev–Trinajstić information content (AvgIpc) is 2.90. The molecule has 0 spiro atoms. The predicted molar refractivity (Wildman–Crippen MR) is 149 cm³/mol. The monoisotopic (exact) mass is 517 g/mol. The number of carbonyl (C=O) groups excluding carboxylic acids is 2. The lowest BCUT2D eigenvalue weighted by Crippen LogP contribution is -2.38. The summed E-state index contributed by atoms with van der Waals surface area (Å²) in [7, 11) is 0. The van der Waals surface area contributed by atoms with E-state index >= 15 is 0 Å². The molecular weight excluding hydrogens is 478 g/mol. The summed E-state index contributed by atoms with van der Waals surface area (Å²) >= 11 is 0. The van der Waals surface area contributed by atoms with E-state index in [1.54, 1.807) is 36.4 Å². The number of hydrogen-bond acceptors (Lipinski definition) is 6. The van der Waals surface area contributed by atoms with E-state index in [0.717, 1.165) is 29.7 Å². The summed E-state index contributed by atoms with van der Waals surface area (Å²) < 4.78 is 11.3. The molecule has 2 atom stereocenters. The van der Waals surface area contributed by atoms with Gasteiger partial charge in [-0.25, -0.2) is 4.79 Å². The van der Waals surface area contributed by atoms with Gasteiger partial charge in [0.25, 0.3) is 0 Å². The van der Waals surface area contributed by atoms with Crippen LogP contribution in [0.5, 0.6) is 5.75 Å². The van der Waals surface area contributed by atoms with Crippen molar-refractivity contribution < 1.29 is 24.2 Å². The number of hydrogen-bond donors (Lipinski definition) is 1. The second-order valence-corrected chi connectivity index (χ2v) is 10.0. The molecule has 0 unspecified atom stereocenters. The van der Waals surface area contributed by atoms with Crippen LogP contribution in [0.25, 0.3) is 0 Å². The van der Waals surface area contributed by atoms with Gasteiger partial charge in [0, 0.05) is 36.1 Å². The Morgan fingerprint density at radius 1 is 0.842 bits per heavy atom. The molecule has 0 amide bonds. The van der Waals surface area contributed by atoms with E-state index in [9.17, 15) is 14.7 Å². The Morgan fingerprint density at radius 3 is 1.95 bits per heavy atom. The standard InChI is InChI=1S/C32H39NO5/c1-22(2)33(23(3)4)19-18-28(26-12-8-6-9-13-26)29-20-25(21-34)16-17-30(29)38-32(36)31(37-24(5)35)27-14-10-7-11-15-27/h6-17,20,22-23,28,31,34H,18-19,21H2,1-5H3/t28-,31-/m1/s1. The first-order chi connectivity index (χ1) is 18.2. The molecule has 6 heteroatoms. The highest BCUT2D eigenvalue weighted by molar-refractivity contribution is 5.82. The van der Waals surface area contributed by atoms with Crippen LogP contribution in [0, 0.1) is 0 Å². The number of rotatable bonds is 12. The smallest absolute Gasteiger partial charge is 0.357 e. The average molecular weight is 518 g/mol. The molecule has 0 bridgehead atoms. The van der Waals surface area contributed by atoms with Crippen LogP contribution in [0.3, 0.4) is 0 Å². The van der Waals surface area contributed by atoms with Gasteiger partial charge >= 0.3 is 11.9 Å². The molecule has 3 aromatic carbocycles. The molecule has 0 heterocycles. The van der Waals surface area contributed by atoms with Crippen LogP contribution in [0.2, 0.25) is 0 Å². The molecule has 0 saturated heterocycles. The first-order valence-corrected chi connectivity index (χ1v) is 13.2. The SMILES string of the molecule is CC(=O)O[C@@H](C(=O)Oc1ccc(CO)cc1[C@H](CCN(C(C)C)C(C)C)c1ccccc1)c1ccccc1. The second kappa shape index (κ2) is 13.9. The van der Waals surface area contributed by atoms with E-state index in [-0.39, 0.29) is 12.5 Å². The Kier molecular flexibility index (Phi) is 10.6. The Labute approximate surface area is 226 Å². The van der Waals surface area contributed by atoms with Gasteiger partial charge in [-0.15, -0.1) is 0 Å². The van der Waals surface area contributed by atoms with Crippen LogP contribution in [0.4, 0.5) is 0 Å². The number of aliphatic hydroxyl groups excluding tert-OH is 1. The minimum atomic E-state index is -1.19. The molecule has 0 aliphatic heterocycles. The lowest BCUT2D eigenvalue weighted by atomic mass is 9.86. The van der Waals surface area contributed by atoms with Crippen molar-refractivity contribution in [3.63, 3.8) is 0 Å². The van der Waals surface area contributed by atoms with E-state index in [0.29, 0.717) is 23.4 Å². The van der Waals surface area contributed by atoms with Gasteiger partial charge in [-0.05, 0) is 63.9 Å². The van der Waals surface area contributed by atoms with Gasteiger partial charge in [-0.2, -0.15) is 0 Å². The Bertz CT molecular complexity index is 1170. The Hall–Kier alpha value is -3.48. The zero-order chi connectivity index (χ0) is 27.7. The summed E-state index contributed by atoms with van der Waals surface area (Å²) in [6, 6.07) is 25.1. The van der Waals surface area contributed by atoms with Crippen molar-refractivity contribution in [3.8, 4) is 5.75 Å². The molecule has 0 aromatic heterocycles. The fourth-order valence-corrected chi connectivity index (χ4v) is 4.85. The molecule has 6 nitrogen and oxygen atoms in total. The zero-order valence-corrected chi connectivity index (χ0v) is 23.0. The van der Waals surface area contributed by atoms with Crippen molar-refractivity contribution in [3.05, 3.63) is 101 Å². The summed E-state index contributed by atoms with van der Waals surface area (Å²) in [5.41, 5.74) is 3.15. The van der Waals surface area contributed by atoms with Crippen LogP contribution in [-0.2, 0) is 20.9 Å². The quantitative estimate of drug-likeness (QED) is 0.234. The van der Waals surface area contributed by atoms with Gasteiger partial charge < -0.3 is 14.6 Å². The van der Waals surface area contributed by atoms with Crippen LogP contribution >= 0.6 is 0 Å². The largest absolute Gasteiger partial charge is 0.446 e. The molecule has 0 fully saturated rings. The number of benzene rings is 3. The molecule has 0 saturated carbocycles. The molecule has 38 heavy (non-hydrogen) atoms. The highest BCUT2D eigenvalue weighted by atomic mass is 16.6. The maximum Gasteiger partial charge on any atom is 0.357 e. The van der Waals surface area contributed by atoms with Gasteiger partial charge in [0.2, 0.25) is 6.10 Å². The lowest BCUT2D eigenvalue weighted by molar-refractivity contribution is -0.161. The number of ether oxygens (including phenoxy) is 2. The maximum absolute atomic E-state index is 13.4. The van der Waals surface area contributed by atoms with Gasteiger partial charge in [-0.1, -0.05) is 66.7 Å². The summed E-state index contributed by atoms with van der Waals surface area (Å²) in [6.07, 6.45) is -0.405. The third kappa shape index (κ3) is 7.76. The first-order valence-electron chi connectivity index (χ1n) is 13.2. The maximum atomic E-state index is 13.4. The van der Waals surface area contributed by atoms with Crippen molar-refractivity contribution in [2.75, 3.05) is 6.54 Å². The fourth-order valence-electron chi connectivity index (χ4n) is 4.85. The van der Waals surface area contributed by atoms with E-state index < -0.39 is 18.0 Å².